The molecule has 1 aliphatic heterocycles. The maximum atomic E-state index is 5.75. The molecule has 0 aromatic heterocycles. The van der Waals surface area contributed by atoms with Crippen molar-refractivity contribution < 1.29 is 4.74 Å². The summed E-state index contributed by atoms with van der Waals surface area (Å²) in [6, 6.07) is 17.3. The van der Waals surface area contributed by atoms with Crippen molar-refractivity contribution in [2.75, 3.05) is 20.2 Å². The van der Waals surface area contributed by atoms with Crippen LogP contribution in [-0.2, 0) is 6.42 Å². The van der Waals surface area contributed by atoms with Crippen molar-refractivity contribution in [2.24, 2.45) is 4.99 Å². The highest BCUT2D eigenvalue weighted by Crippen LogP contribution is 2.33. The number of hydrogen-bond acceptors (Lipinski definition) is 2. The van der Waals surface area contributed by atoms with Crippen LogP contribution in [0.1, 0.15) is 41.5 Å². The number of fused-ring (bicyclic) bond motifs is 2. The first-order valence-electron chi connectivity index (χ1n) is 9.12. The molecule has 2 aromatic rings. The van der Waals surface area contributed by atoms with E-state index in [1.807, 2.05) is 19.2 Å². The van der Waals surface area contributed by atoms with Gasteiger partial charge in [-0.05, 0) is 30.0 Å². The second-order valence-corrected chi connectivity index (χ2v) is 6.76. The smallest absolute Gasteiger partial charge is 0.191 e. The first kappa shape index (κ1) is 19.0. The van der Waals surface area contributed by atoms with E-state index in [2.05, 4.69) is 52.0 Å². The fraction of sp³-hybridized carbons (Fsp3) is 0.381. The molecule has 0 fully saturated rings. The van der Waals surface area contributed by atoms with E-state index >= 15 is 0 Å². The van der Waals surface area contributed by atoms with Crippen LogP contribution >= 0.6 is 24.0 Å². The fourth-order valence-corrected chi connectivity index (χ4v) is 3.93. The fourth-order valence-electron chi connectivity index (χ4n) is 3.93. The molecule has 4 rings (SSSR count). The van der Waals surface area contributed by atoms with Gasteiger partial charge in [0.25, 0.3) is 0 Å². The number of para-hydroxylation sites is 1. The minimum Gasteiger partial charge on any atom is -0.493 e. The summed E-state index contributed by atoms with van der Waals surface area (Å²) in [4.78, 5) is 4.43. The zero-order chi connectivity index (χ0) is 17.1. The molecular weight excluding hydrogens is 437 g/mol. The number of halogens is 1. The summed E-state index contributed by atoms with van der Waals surface area (Å²) < 4.78 is 5.75. The molecule has 0 bridgehead atoms. The predicted octanol–water partition coefficient (Wildman–Crippen LogP) is 4.02. The summed E-state index contributed by atoms with van der Waals surface area (Å²) in [5.74, 6) is 2.41. The van der Waals surface area contributed by atoms with Gasteiger partial charge in [0, 0.05) is 31.5 Å². The molecule has 2 aliphatic rings. The average molecular weight is 463 g/mol. The number of rotatable bonds is 3. The van der Waals surface area contributed by atoms with Crippen molar-refractivity contribution in [2.45, 2.75) is 31.2 Å². The Morgan fingerprint density at radius 1 is 1.08 bits per heavy atom. The molecule has 2 atom stereocenters. The van der Waals surface area contributed by atoms with Gasteiger partial charge < -0.3 is 15.4 Å². The Balaban J connectivity index is 0.00000196. The van der Waals surface area contributed by atoms with Crippen LogP contribution in [0.3, 0.4) is 0 Å². The van der Waals surface area contributed by atoms with Crippen LogP contribution in [0.25, 0.3) is 0 Å². The lowest BCUT2D eigenvalue weighted by molar-refractivity contribution is 0.261. The van der Waals surface area contributed by atoms with Gasteiger partial charge >= 0.3 is 0 Å². The van der Waals surface area contributed by atoms with Gasteiger partial charge in [-0.1, -0.05) is 42.5 Å². The predicted molar refractivity (Wildman–Crippen MR) is 117 cm³/mol. The molecule has 0 saturated carbocycles. The maximum Gasteiger partial charge on any atom is 0.191 e. The van der Waals surface area contributed by atoms with E-state index in [4.69, 9.17) is 4.74 Å². The third-order valence-corrected chi connectivity index (χ3v) is 5.27. The normalized spacial score (nSPS) is 21.0. The van der Waals surface area contributed by atoms with E-state index in [1.54, 1.807) is 0 Å². The first-order chi connectivity index (χ1) is 12.3. The highest BCUT2D eigenvalue weighted by molar-refractivity contribution is 14.0. The molecule has 2 aromatic carbocycles. The SMILES string of the molecule is CN=C(NCC1CCc2ccccc21)NC1CCOc2ccccc21.I. The Hall–Kier alpha value is -1.76. The number of nitrogens with one attached hydrogen (secondary N) is 2. The Bertz CT molecular complexity index is 777. The third-order valence-electron chi connectivity index (χ3n) is 5.27. The van der Waals surface area contributed by atoms with Gasteiger partial charge in [-0.25, -0.2) is 0 Å². The molecule has 4 nitrogen and oxygen atoms in total. The monoisotopic (exact) mass is 463 g/mol. The number of guanidine groups is 1. The summed E-state index contributed by atoms with van der Waals surface area (Å²) >= 11 is 0. The first-order valence-corrected chi connectivity index (χ1v) is 9.12. The van der Waals surface area contributed by atoms with E-state index in [0.29, 0.717) is 5.92 Å². The molecule has 2 unspecified atom stereocenters. The van der Waals surface area contributed by atoms with Crippen LogP contribution in [0.4, 0.5) is 0 Å². The molecule has 5 heteroatoms. The van der Waals surface area contributed by atoms with Crippen molar-refractivity contribution in [3.05, 3.63) is 65.2 Å². The maximum absolute atomic E-state index is 5.75. The van der Waals surface area contributed by atoms with Crippen LogP contribution in [0.15, 0.2) is 53.5 Å². The van der Waals surface area contributed by atoms with Crippen molar-refractivity contribution in [3.63, 3.8) is 0 Å². The number of hydrogen-bond donors (Lipinski definition) is 2. The van der Waals surface area contributed by atoms with Gasteiger partial charge in [-0.2, -0.15) is 0 Å². The minimum absolute atomic E-state index is 0. The van der Waals surface area contributed by atoms with Crippen molar-refractivity contribution in [1.29, 1.82) is 0 Å². The van der Waals surface area contributed by atoms with Crippen LogP contribution < -0.4 is 15.4 Å². The average Bonchev–Trinajstić information content (AvgIpc) is 3.08. The zero-order valence-electron chi connectivity index (χ0n) is 15.1. The second-order valence-electron chi connectivity index (χ2n) is 6.76. The van der Waals surface area contributed by atoms with Crippen molar-refractivity contribution in [3.8, 4) is 5.75 Å². The quantitative estimate of drug-likeness (QED) is 0.411. The summed E-state index contributed by atoms with van der Waals surface area (Å²) in [5, 5.41) is 7.10. The van der Waals surface area contributed by atoms with E-state index in [-0.39, 0.29) is 30.0 Å². The molecule has 0 radical (unpaired) electrons. The molecular formula is C21H26IN3O. The zero-order valence-corrected chi connectivity index (χ0v) is 17.4. The van der Waals surface area contributed by atoms with Gasteiger partial charge in [0.05, 0.1) is 12.6 Å². The Labute approximate surface area is 172 Å². The molecule has 0 spiro atoms. The van der Waals surface area contributed by atoms with Crippen LogP contribution in [0.2, 0.25) is 0 Å². The van der Waals surface area contributed by atoms with Gasteiger partial charge in [0.1, 0.15) is 5.75 Å². The van der Waals surface area contributed by atoms with Gasteiger partial charge in [-0.3, -0.25) is 4.99 Å². The van der Waals surface area contributed by atoms with Gasteiger partial charge in [0.2, 0.25) is 0 Å². The third kappa shape index (κ3) is 3.98. The van der Waals surface area contributed by atoms with E-state index in [1.165, 1.54) is 29.5 Å². The Morgan fingerprint density at radius 3 is 2.69 bits per heavy atom. The lowest BCUT2D eigenvalue weighted by Crippen LogP contribution is -2.42. The van der Waals surface area contributed by atoms with Crippen molar-refractivity contribution in [1.82, 2.24) is 10.6 Å². The Kier molecular flexibility index (Phi) is 6.40. The topological polar surface area (TPSA) is 45.7 Å². The van der Waals surface area contributed by atoms with Crippen LogP contribution in [0.5, 0.6) is 5.75 Å². The van der Waals surface area contributed by atoms with E-state index < -0.39 is 0 Å². The largest absolute Gasteiger partial charge is 0.493 e. The highest BCUT2D eigenvalue weighted by atomic mass is 127. The second kappa shape index (κ2) is 8.75. The molecule has 1 aliphatic carbocycles. The molecule has 1 heterocycles. The number of aryl methyl sites for hydroxylation is 1. The molecule has 0 saturated heterocycles. The number of nitrogens with zero attached hydrogens (tertiary/aromatic N) is 1. The summed E-state index contributed by atoms with van der Waals surface area (Å²) in [5.41, 5.74) is 4.19. The number of ether oxygens (including phenoxy) is 1. The summed E-state index contributed by atoms with van der Waals surface area (Å²) in [6.45, 7) is 1.66. The van der Waals surface area contributed by atoms with E-state index in [9.17, 15) is 0 Å². The van der Waals surface area contributed by atoms with Crippen molar-refractivity contribution >= 4 is 29.9 Å². The van der Waals surface area contributed by atoms with Gasteiger partial charge in [0.15, 0.2) is 5.96 Å². The number of benzene rings is 2. The number of aliphatic imine (C=N–C) groups is 1. The van der Waals surface area contributed by atoms with Crippen LogP contribution in [0, 0.1) is 0 Å². The molecule has 0 amide bonds. The highest BCUT2D eigenvalue weighted by Gasteiger charge is 2.24. The lowest BCUT2D eigenvalue weighted by atomic mass is 10.0. The summed E-state index contributed by atoms with van der Waals surface area (Å²) in [6.07, 6.45) is 3.34. The molecule has 2 N–H and O–H groups in total. The lowest BCUT2D eigenvalue weighted by Gasteiger charge is -2.28. The Morgan fingerprint density at radius 2 is 1.85 bits per heavy atom. The molecule has 138 valence electrons. The summed E-state index contributed by atoms with van der Waals surface area (Å²) in [7, 11) is 1.84. The van der Waals surface area contributed by atoms with E-state index in [0.717, 1.165) is 31.3 Å². The minimum atomic E-state index is 0. The van der Waals surface area contributed by atoms with Gasteiger partial charge in [-0.15, -0.1) is 24.0 Å². The molecule has 26 heavy (non-hydrogen) atoms. The van der Waals surface area contributed by atoms with Crippen LogP contribution in [-0.4, -0.2) is 26.2 Å². The standard InChI is InChI=1S/C21H25N3O.HI/c1-22-21(23-14-16-11-10-15-6-2-3-7-17(15)16)24-19-12-13-25-20-9-5-4-8-18(19)20;/h2-9,16,19H,10-14H2,1H3,(H2,22,23,24);1H.